The van der Waals surface area contributed by atoms with Gasteiger partial charge in [-0.05, 0) is 31.6 Å². The Morgan fingerprint density at radius 1 is 1.38 bits per heavy atom. The molecule has 0 amide bonds. The Hall–Kier alpha value is -0.800. The predicted octanol–water partition coefficient (Wildman–Crippen LogP) is 2.35. The van der Waals surface area contributed by atoms with E-state index < -0.39 is 0 Å². The standard InChI is InChI=1S/C13H24N2O/c1-11(2)14-8-12(3)9-15(4)10-13-6-5-7-16-13/h5-7,11-12,14H,8-10H2,1-4H3. The van der Waals surface area contributed by atoms with Crippen LogP contribution in [0, 0.1) is 5.92 Å². The van der Waals surface area contributed by atoms with Crippen molar-refractivity contribution in [1.82, 2.24) is 10.2 Å². The molecule has 1 unspecified atom stereocenters. The summed E-state index contributed by atoms with van der Waals surface area (Å²) in [5, 5.41) is 3.46. The molecule has 0 aliphatic heterocycles. The summed E-state index contributed by atoms with van der Waals surface area (Å²) in [4.78, 5) is 2.30. The molecule has 16 heavy (non-hydrogen) atoms. The van der Waals surface area contributed by atoms with E-state index in [1.165, 1.54) is 0 Å². The third-order valence-electron chi connectivity index (χ3n) is 2.50. The number of hydrogen-bond acceptors (Lipinski definition) is 3. The molecular formula is C13H24N2O. The summed E-state index contributed by atoms with van der Waals surface area (Å²) < 4.78 is 5.33. The first-order valence-electron chi connectivity index (χ1n) is 6.02. The summed E-state index contributed by atoms with van der Waals surface area (Å²) in [6, 6.07) is 4.53. The van der Waals surface area contributed by atoms with Gasteiger partial charge in [-0.1, -0.05) is 20.8 Å². The molecule has 1 rings (SSSR count). The summed E-state index contributed by atoms with van der Waals surface area (Å²) in [7, 11) is 2.13. The highest BCUT2D eigenvalue weighted by molar-refractivity contribution is 4.97. The lowest BCUT2D eigenvalue weighted by Gasteiger charge is -2.21. The Kier molecular flexibility index (Phi) is 5.56. The van der Waals surface area contributed by atoms with Gasteiger partial charge in [-0.15, -0.1) is 0 Å². The molecule has 1 aromatic heterocycles. The van der Waals surface area contributed by atoms with Crippen LogP contribution in [0.25, 0.3) is 0 Å². The zero-order valence-electron chi connectivity index (χ0n) is 10.9. The molecule has 0 spiro atoms. The third-order valence-corrected chi connectivity index (χ3v) is 2.50. The van der Waals surface area contributed by atoms with Gasteiger partial charge in [-0.3, -0.25) is 4.90 Å². The number of nitrogens with zero attached hydrogens (tertiary/aromatic N) is 1. The van der Waals surface area contributed by atoms with Crippen LogP contribution >= 0.6 is 0 Å². The molecule has 0 bridgehead atoms. The largest absolute Gasteiger partial charge is 0.468 e. The normalized spacial score (nSPS) is 13.6. The minimum Gasteiger partial charge on any atom is -0.468 e. The van der Waals surface area contributed by atoms with E-state index in [1.807, 2.05) is 12.1 Å². The smallest absolute Gasteiger partial charge is 0.117 e. The van der Waals surface area contributed by atoms with Crippen molar-refractivity contribution in [2.75, 3.05) is 20.1 Å². The van der Waals surface area contributed by atoms with Gasteiger partial charge in [-0.25, -0.2) is 0 Å². The first kappa shape index (κ1) is 13.3. The maximum absolute atomic E-state index is 5.33. The average molecular weight is 224 g/mol. The fourth-order valence-corrected chi connectivity index (χ4v) is 1.77. The van der Waals surface area contributed by atoms with E-state index in [0.29, 0.717) is 12.0 Å². The average Bonchev–Trinajstić information content (AvgIpc) is 2.67. The second-order valence-corrected chi connectivity index (χ2v) is 4.94. The van der Waals surface area contributed by atoms with Crippen LogP contribution in [0.4, 0.5) is 0 Å². The Labute approximate surface area is 98.8 Å². The highest BCUT2D eigenvalue weighted by atomic mass is 16.3. The van der Waals surface area contributed by atoms with E-state index in [-0.39, 0.29) is 0 Å². The number of nitrogens with one attached hydrogen (secondary N) is 1. The summed E-state index contributed by atoms with van der Waals surface area (Å²) in [6.07, 6.45) is 1.73. The molecule has 0 aliphatic rings. The number of rotatable bonds is 7. The second kappa shape index (κ2) is 6.71. The van der Waals surface area contributed by atoms with Crippen LogP contribution < -0.4 is 5.32 Å². The van der Waals surface area contributed by atoms with Crippen molar-refractivity contribution in [2.24, 2.45) is 5.92 Å². The third kappa shape index (κ3) is 5.33. The molecule has 1 aromatic rings. The van der Waals surface area contributed by atoms with Gasteiger partial charge in [0.15, 0.2) is 0 Å². The van der Waals surface area contributed by atoms with E-state index in [2.05, 4.69) is 38.0 Å². The van der Waals surface area contributed by atoms with Crippen LogP contribution in [0.1, 0.15) is 26.5 Å². The molecule has 3 heteroatoms. The number of furan rings is 1. The van der Waals surface area contributed by atoms with Crippen LogP contribution in [-0.4, -0.2) is 31.1 Å². The van der Waals surface area contributed by atoms with Gasteiger partial charge in [0, 0.05) is 12.6 Å². The van der Waals surface area contributed by atoms with Crippen molar-refractivity contribution in [1.29, 1.82) is 0 Å². The quantitative estimate of drug-likeness (QED) is 0.770. The Morgan fingerprint density at radius 2 is 2.12 bits per heavy atom. The van der Waals surface area contributed by atoms with Crippen LogP contribution in [0.15, 0.2) is 22.8 Å². The van der Waals surface area contributed by atoms with E-state index in [1.54, 1.807) is 6.26 Å². The van der Waals surface area contributed by atoms with Crippen LogP contribution in [0.5, 0.6) is 0 Å². The molecular weight excluding hydrogens is 200 g/mol. The second-order valence-electron chi connectivity index (χ2n) is 4.94. The SMILES string of the molecule is CC(CNC(C)C)CN(C)Cc1ccco1. The van der Waals surface area contributed by atoms with Gasteiger partial charge in [-0.2, -0.15) is 0 Å². The van der Waals surface area contributed by atoms with Crippen molar-refractivity contribution in [3.05, 3.63) is 24.2 Å². The van der Waals surface area contributed by atoms with Crippen LogP contribution in [0.2, 0.25) is 0 Å². The molecule has 0 radical (unpaired) electrons. The zero-order valence-corrected chi connectivity index (χ0v) is 10.9. The van der Waals surface area contributed by atoms with E-state index >= 15 is 0 Å². The lowest BCUT2D eigenvalue weighted by atomic mass is 10.1. The molecule has 3 nitrogen and oxygen atoms in total. The molecule has 0 fully saturated rings. The van der Waals surface area contributed by atoms with Gasteiger partial charge < -0.3 is 9.73 Å². The molecule has 0 aliphatic carbocycles. The van der Waals surface area contributed by atoms with Crippen molar-refractivity contribution < 1.29 is 4.42 Å². The van der Waals surface area contributed by atoms with Crippen LogP contribution in [-0.2, 0) is 6.54 Å². The molecule has 1 heterocycles. The van der Waals surface area contributed by atoms with Crippen molar-refractivity contribution in [3.8, 4) is 0 Å². The summed E-state index contributed by atoms with van der Waals surface area (Å²) >= 11 is 0. The monoisotopic (exact) mass is 224 g/mol. The summed E-state index contributed by atoms with van der Waals surface area (Å²) in [6.45, 7) is 9.67. The first-order valence-corrected chi connectivity index (χ1v) is 6.02. The van der Waals surface area contributed by atoms with Crippen LogP contribution in [0.3, 0.4) is 0 Å². The van der Waals surface area contributed by atoms with E-state index in [4.69, 9.17) is 4.42 Å². The zero-order chi connectivity index (χ0) is 12.0. The lowest BCUT2D eigenvalue weighted by Crippen LogP contribution is -2.33. The highest BCUT2D eigenvalue weighted by Crippen LogP contribution is 2.05. The van der Waals surface area contributed by atoms with E-state index in [0.717, 1.165) is 25.4 Å². The van der Waals surface area contributed by atoms with Gasteiger partial charge in [0.2, 0.25) is 0 Å². The highest BCUT2D eigenvalue weighted by Gasteiger charge is 2.08. The molecule has 0 aromatic carbocycles. The maximum atomic E-state index is 5.33. The molecule has 0 saturated heterocycles. The Bertz CT molecular complexity index is 269. The van der Waals surface area contributed by atoms with Crippen molar-refractivity contribution in [3.63, 3.8) is 0 Å². The molecule has 1 N–H and O–H groups in total. The fourth-order valence-electron chi connectivity index (χ4n) is 1.77. The predicted molar refractivity (Wildman–Crippen MR) is 67.3 cm³/mol. The minimum absolute atomic E-state index is 0.567. The van der Waals surface area contributed by atoms with Crippen molar-refractivity contribution in [2.45, 2.75) is 33.4 Å². The molecule has 92 valence electrons. The lowest BCUT2D eigenvalue weighted by molar-refractivity contribution is 0.252. The number of hydrogen-bond donors (Lipinski definition) is 1. The molecule has 0 saturated carbocycles. The van der Waals surface area contributed by atoms with Gasteiger partial charge >= 0.3 is 0 Å². The summed E-state index contributed by atoms with van der Waals surface area (Å²) in [5.41, 5.74) is 0. The first-order chi connectivity index (χ1) is 7.58. The minimum atomic E-state index is 0.567. The fraction of sp³-hybridized carbons (Fsp3) is 0.692. The van der Waals surface area contributed by atoms with Gasteiger partial charge in [0.05, 0.1) is 12.8 Å². The Balaban J connectivity index is 2.20. The topological polar surface area (TPSA) is 28.4 Å². The maximum Gasteiger partial charge on any atom is 0.117 e. The van der Waals surface area contributed by atoms with Crippen molar-refractivity contribution >= 4 is 0 Å². The summed E-state index contributed by atoms with van der Waals surface area (Å²) in [5.74, 6) is 1.69. The van der Waals surface area contributed by atoms with Gasteiger partial charge in [0.25, 0.3) is 0 Å². The Morgan fingerprint density at radius 3 is 2.69 bits per heavy atom. The molecule has 1 atom stereocenters. The van der Waals surface area contributed by atoms with E-state index in [9.17, 15) is 0 Å². The van der Waals surface area contributed by atoms with Gasteiger partial charge in [0.1, 0.15) is 5.76 Å².